The van der Waals surface area contributed by atoms with Crippen LogP contribution in [0.3, 0.4) is 0 Å². The van der Waals surface area contributed by atoms with Crippen LogP contribution in [-0.4, -0.2) is 23.5 Å². The SMILES string of the molecule is Cl.O=C(CC1CCCN1)Nc1ncc(Cc2ccccc2F)s1. The summed E-state index contributed by atoms with van der Waals surface area (Å²) in [5, 5.41) is 6.70. The van der Waals surface area contributed by atoms with Crippen molar-refractivity contribution in [1.29, 1.82) is 0 Å². The summed E-state index contributed by atoms with van der Waals surface area (Å²) in [5.41, 5.74) is 0.638. The highest BCUT2D eigenvalue weighted by Gasteiger charge is 2.18. The first kappa shape index (κ1) is 17.8. The van der Waals surface area contributed by atoms with Crippen LogP contribution in [0.1, 0.15) is 29.7 Å². The van der Waals surface area contributed by atoms with Crippen molar-refractivity contribution >= 4 is 34.8 Å². The maximum atomic E-state index is 13.6. The van der Waals surface area contributed by atoms with Gasteiger partial charge in [0, 0.05) is 30.0 Å². The average molecular weight is 356 g/mol. The fourth-order valence-corrected chi connectivity index (χ4v) is 3.45. The number of hydrogen-bond acceptors (Lipinski definition) is 4. The molecule has 1 fully saturated rings. The Morgan fingerprint density at radius 1 is 1.43 bits per heavy atom. The summed E-state index contributed by atoms with van der Waals surface area (Å²) < 4.78 is 13.6. The minimum atomic E-state index is -0.214. The van der Waals surface area contributed by atoms with Crippen LogP contribution in [0.5, 0.6) is 0 Å². The van der Waals surface area contributed by atoms with Gasteiger partial charge in [0.25, 0.3) is 0 Å². The number of carbonyl (C=O) groups excluding carboxylic acids is 1. The first-order valence-corrected chi connectivity index (χ1v) is 8.24. The zero-order chi connectivity index (χ0) is 15.4. The Morgan fingerprint density at radius 2 is 2.26 bits per heavy atom. The summed E-state index contributed by atoms with van der Waals surface area (Å²) in [5.74, 6) is -0.236. The second-order valence-electron chi connectivity index (χ2n) is 5.45. The predicted octanol–water partition coefficient (Wildman–Crippen LogP) is 3.38. The maximum Gasteiger partial charge on any atom is 0.227 e. The van der Waals surface area contributed by atoms with E-state index in [1.54, 1.807) is 18.3 Å². The standard InChI is InChI=1S/C16H18FN3OS.ClH/c17-14-6-2-1-4-11(14)8-13-10-19-16(22-13)20-15(21)9-12-5-3-7-18-12;/h1-2,4,6,10,12,18H,3,5,7-9H2,(H,19,20,21);1H. The third-order valence-corrected chi connectivity index (χ3v) is 4.63. The van der Waals surface area contributed by atoms with E-state index >= 15 is 0 Å². The molecule has 1 aliphatic rings. The van der Waals surface area contributed by atoms with Crippen molar-refractivity contribution in [3.05, 3.63) is 46.7 Å². The van der Waals surface area contributed by atoms with Crippen LogP contribution >= 0.6 is 23.7 Å². The summed E-state index contributed by atoms with van der Waals surface area (Å²) in [4.78, 5) is 17.1. The molecule has 0 saturated carbocycles. The Labute approximate surface area is 144 Å². The molecule has 1 atom stereocenters. The van der Waals surface area contributed by atoms with Crippen molar-refractivity contribution in [3.63, 3.8) is 0 Å². The molecular formula is C16H19ClFN3OS. The largest absolute Gasteiger partial charge is 0.313 e. The first-order valence-electron chi connectivity index (χ1n) is 7.42. The van der Waals surface area contributed by atoms with E-state index < -0.39 is 0 Å². The fraction of sp³-hybridized carbons (Fsp3) is 0.375. The van der Waals surface area contributed by atoms with E-state index in [2.05, 4.69) is 15.6 Å². The summed E-state index contributed by atoms with van der Waals surface area (Å²) >= 11 is 1.39. The van der Waals surface area contributed by atoms with Gasteiger partial charge in [0.15, 0.2) is 5.13 Å². The lowest BCUT2D eigenvalue weighted by atomic mass is 10.1. The second-order valence-corrected chi connectivity index (χ2v) is 6.56. The van der Waals surface area contributed by atoms with Crippen LogP contribution in [0.25, 0.3) is 0 Å². The number of hydrogen-bond donors (Lipinski definition) is 2. The summed E-state index contributed by atoms with van der Waals surface area (Å²) in [6.45, 7) is 0.988. The molecule has 23 heavy (non-hydrogen) atoms. The molecule has 1 saturated heterocycles. The van der Waals surface area contributed by atoms with Crippen LogP contribution in [0.2, 0.25) is 0 Å². The van der Waals surface area contributed by atoms with Crippen LogP contribution in [0.4, 0.5) is 9.52 Å². The molecule has 0 spiro atoms. The van der Waals surface area contributed by atoms with E-state index in [0.717, 1.165) is 24.3 Å². The van der Waals surface area contributed by atoms with E-state index in [4.69, 9.17) is 0 Å². The molecule has 2 aromatic rings. The number of anilines is 1. The lowest BCUT2D eigenvalue weighted by Crippen LogP contribution is -2.27. The molecule has 1 aliphatic heterocycles. The Morgan fingerprint density at radius 3 is 3.00 bits per heavy atom. The topological polar surface area (TPSA) is 54.0 Å². The van der Waals surface area contributed by atoms with Crippen molar-refractivity contribution in [1.82, 2.24) is 10.3 Å². The summed E-state index contributed by atoms with van der Waals surface area (Å²) in [7, 11) is 0. The van der Waals surface area contributed by atoms with Gasteiger partial charge in [0.05, 0.1) is 0 Å². The number of amides is 1. The Balaban J connectivity index is 0.00000192. The first-order chi connectivity index (χ1) is 10.7. The van der Waals surface area contributed by atoms with Gasteiger partial charge in [-0.1, -0.05) is 18.2 Å². The smallest absolute Gasteiger partial charge is 0.227 e. The quantitative estimate of drug-likeness (QED) is 0.864. The molecule has 2 N–H and O–H groups in total. The van der Waals surface area contributed by atoms with Gasteiger partial charge in [0.1, 0.15) is 5.82 Å². The van der Waals surface area contributed by atoms with Crippen LogP contribution in [0, 0.1) is 5.82 Å². The van der Waals surface area contributed by atoms with Gasteiger partial charge >= 0.3 is 0 Å². The monoisotopic (exact) mass is 355 g/mol. The van der Waals surface area contributed by atoms with Crippen LogP contribution in [-0.2, 0) is 11.2 Å². The third-order valence-electron chi connectivity index (χ3n) is 3.72. The van der Waals surface area contributed by atoms with Gasteiger partial charge in [-0.2, -0.15) is 0 Å². The fourth-order valence-electron chi connectivity index (χ4n) is 2.60. The highest BCUT2D eigenvalue weighted by Crippen LogP contribution is 2.22. The molecule has 2 heterocycles. The Bertz CT molecular complexity index is 658. The molecule has 1 amide bonds. The van der Waals surface area contributed by atoms with Crippen molar-refractivity contribution < 1.29 is 9.18 Å². The van der Waals surface area contributed by atoms with E-state index in [1.807, 2.05) is 6.07 Å². The molecule has 3 rings (SSSR count). The van der Waals surface area contributed by atoms with Crippen molar-refractivity contribution in [3.8, 4) is 0 Å². The lowest BCUT2D eigenvalue weighted by molar-refractivity contribution is -0.116. The van der Waals surface area contributed by atoms with Gasteiger partial charge < -0.3 is 10.6 Å². The molecule has 4 nitrogen and oxygen atoms in total. The van der Waals surface area contributed by atoms with Crippen LogP contribution in [0.15, 0.2) is 30.5 Å². The molecule has 0 bridgehead atoms. The molecule has 124 valence electrons. The lowest BCUT2D eigenvalue weighted by Gasteiger charge is -2.08. The van der Waals surface area contributed by atoms with Crippen molar-refractivity contribution in [2.45, 2.75) is 31.7 Å². The molecular weight excluding hydrogens is 337 g/mol. The van der Waals surface area contributed by atoms with E-state index in [0.29, 0.717) is 23.5 Å². The number of aromatic nitrogens is 1. The Hall–Kier alpha value is -1.50. The zero-order valence-electron chi connectivity index (χ0n) is 12.5. The Kier molecular flexibility index (Phi) is 6.50. The number of thiazole rings is 1. The summed E-state index contributed by atoms with van der Waals surface area (Å²) in [6.07, 6.45) is 4.83. The molecule has 1 aromatic carbocycles. The van der Waals surface area contributed by atoms with Gasteiger partial charge in [-0.3, -0.25) is 4.79 Å². The average Bonchev–Trinajstić information content (AvgIpc) is 3.14. The summed E-state index contributed by atoms with van der Waals surface area (Å²) in [6, 6.07) is 6.98. The normalized spacial score (nSPS) is 16.8. The van der Waals surface area contributed by atoms with Gasteiger partial charge in [-0.05, 0) is 31.0 Å². The van der Waals surface area contributed by atoms with Gasteiger partial charge in [-0.25, -0.2) is 9.37 Å². The maximum absolute atomic E-state index is 13.6. The predicted molar refractivity (Wildman–Crippen MR) is 92.8 cm³/mol. The number of halogens is 2. The minimum Gasteiger partial charge on any atom is -0.313 e. The number of benzene rings is 1. The van der Waals surface area contributed by atoms with Crippen molar-refractivity contribution in [2.24, 2.45) is 0 Å². The number of nitrogens with one attached hydrogen (secondary N) is 2. The highest BCUT2D eigenvalue weighted by atomic mass is 35.5. The highest BCUT2D eigenvalue weighted by molar-refractivity contribution is 7.15. The van der Waals surface area contributed by atoms with E-state index in [9.17, 15) is 9.18 Å². The third kappa shape index (κ3) is 4.99. The number of rotatable bonds is 5. The number of nitrogens with zero attached hydrogens (tertiary/aromatic N) is 1. The molecule has 0 aliphatic carbocycles. The molecule has 7 heteroatoms. The molecule has 0 radical (unpaired) electrons. The second kappa shape index (κ2) is 8.38. The van der Waals surface area contributed by atoms with Crippen molar-refractivity contribution in [2.75, 3.05) is 11.9 Å². The zero-order valence-corrected chi connectivity index (χ0v) is 14.2. The molecule has 1 aromatic heterocycles. The van der Waals surface area contributed by atoms with Gasteiger partial charge in [-0.15, -0.1) is 23.7 Å². The number of carbonyl (C=O) groups is 1. The van der Waals surface area contributed by atoms with Gasteiger partial charge in [0.2, 0.25) is 5.91 Å². The van der Waals surface area contributed by atoms with E-state index in [1.165, 1.54) is 17.4 Å². The van der Waals surface area contributed by atoms with E-state index in [-0.39, 0.29) is 30.2 Å². The minimum absolute atomic E-state index is 0. The van der Waals surface area contributed by atoms with Crippen LogP contribution < -0.4 is 10.6 Å². The molecule has 1 unspecified atom stereocenters.